The summed E-state index contributed by atoms with van der Waals surface area (Å²) < 4.78 is 23.4. The van der Waals surface area contributed by atoms with E-state index >= 15 is 0 Å². The van der Waals surface area contributed by atoms with Gasteiger partial charge in [0.1, 0.15) is 12.4 Å². The van der Waals surface area contributed by atoms with E-state index in [-0.39, 0.29) is 18.3 Å². The molecule has 6 nitrogen and oxygen atoms in total. The highest BCUT2D eigenvalue weighted by atomic mass is 19.1. The Kier molecular flexibility index (Phi) is 4.58. The van der Waals surface area contributed by atoms with Gasteiger partial charge in [-0.15, -0.1) is 0 Å². The van der Waals surface area contributed by atoms with Crippen LogP contribution in [0.4, 0.5) is 4.39 Å². The largest absolute Gasteiger partial charge is 0.465 e. The van der Waals surface area contributed by atoms with Crippen molar-refractivity contribution in [2.75, 3.05) is 6.61 Å². The Bertz CT molecular complexity index is 1190. The van der Waals surface area contributed by atoms with Crippen molar-refractivity contribution in [3.8, 4) is 11.1 Å². The minimum absolute atomic E-state index is 0.0248. The van der Waals surface area contributed by atoms with Gasteiger partial charge < -0.3 is 4.74 Å². The van der Waals surface area contributed by atoms with Gasteiger partial charge in [-0.1, -0.05) is 19.1 Å². The van der Waals surface area contributed by atoms with Crippen LogP contribution in [0.15, 0.2) is 36.5 Å². The number of hydrogen-bond acceptors (Lipinski definition) is 4. The summed E-state index contributed by atoms with van der Waals surface area (Å²) in [5, 5.41) is 10.4. The molecule has 0 aliphatic heterocycles. The van der Waals surface area contributed by atoms with Crippen molar-refractivity contribution in [1.82, 2.24) is 19.6 Å². The summed E-state index contributed by atoms with van der Waals surface area (Å²) in [5.74, 6) is -0.657. The van der Waals surface area contributed by atoms with E-state index in [4.69, 9.17) is 4.74 Å². The van der Waals surface area contributed by atoms with Gasteiger partial charge in [0.2, 0.25) is 0 Å². The average molecular weight is 380 g/mol. The molecule has 7 heteroatoms. The molecule has 4 rings (SSSR count). The summed E-state index contributed by atoms with van der Waals surface area (Å²) in [4.78, 5) is 12.0. The van der Waals surface area contributed by atoms with Gasteiger partial charge in [0, 0.05) is 23.4 Å². The van der Waals surface area contributed by atoms with E-state index in [9.17, 15) is 9.18 Å². The molecule has 0 bridgehead atoms. The van der Waals surface area contributed by atoms with Gasteiger partial charge in [0.05, 0.1) is 29.5 Å². The summed E-state index contributed by atoms with van der Waals surface area (Å²) >= 11 is 0. The number of carbonyl (C=O) groups excluding carboxylic acids is 1. The van der Waals surface area contributed by atoms with Gasteiger partial charge in [-0.25, -0.2) is 4.39 Å². The van der Waals surface area contributed by atoms with Crippen molar-refractivity contribution in [2.45, 2.75) is 26.8 Å². The molecule has 0 radical (unpaired) electrons. The first-order valence-corrected chi connectivity index (χ1v) is 9.29. The van der Waals surface area contributed by atoms with Crippen LogP contribution in [0, 0.1) is 5.82 Å². The lowest BCUT2D eigenvalue weighted by Crippen LogP contribution is -2.14. The fourth-order valence-corrected chi connectivity index (χ4v) is 3.61. The molecule has 0 fully saturated rings. The van der Waals surface area contributed by atoms with Crippen LogP contribution in [0.3, 0.4) is 0 Å². The third kappa shape index (κ3) is 2.93. The molecule has 0 saturated heterocycles. The molecule has 0 unspecified atom stereocenters. The third-order valence-electron chi connectivity index (χ3n) is 4.89. The molecule has 0 saturated carbocycles. The maximum absolute atomic E-state index is 15.0. The summed E-state index contributed by atoms with van der Waals surface area (Å²) in [6.07, 6.45) is 2.32. The van der Waals surface area contributed by atoms with Crippen molar-refractivity contribution < 1.29 is 13.9 Å². The number of carbonyl (C=O) groups is 1. The zero-order valence-electron chi connectivity index (χ0n) is 16.1. The molecular formula is C21H21FN4O2. The highest BCUT2D eigenvalue weighted by molar-refractivity contribution is 5.99. The first-order chi connectivity index (χ1) is 13.5. The van der Waals surface area contributed by atoms with E-state index in [0.29, 0.717) is 18.6 Å². The monoisotopic (exact) mass is 380 g/mol. The number of rotatable bonds is 5. The number of benzene rings is 2. The van der Waals surface area contributed by atoms with Crippen LogP contribution in [0.2, 0.25) is 0 Å². The van der Waals surface area contributed by atoms with Gasteiger partial charge in [-0.3, -0.25) is 14.2 Å². The van der Waals surface area contributed by atoms with Crippen LogP contribution in [0.25, 0.3) is 32.9 Å². The predicted octanol–water partition coefficient (Wildman–Crippen LogP) is 3.85. The SMILES string of the molecule is CCOC(=O)Cn1nc(CC)c2c(-c3cc4c(cnn4C)cc3F)cccc21. The summed E-state index contributed by atoms with van der Waals surface area (Å²) in [5.41, 5.74) is 3.70. The quantitative estimate of drug-likeness (QED) is 0.493. The van der Waals surface area contributed by atoms with Crippen molar-refractivity contribution in [1.29, 1.82) is 0 Å². The second-order valence-corrected chi connectivity index (χ2v) is 6.62. The first kappa shape index (κ1) is 18.2. The molecule has 0 spiro atoms. The molecule has 0 aliphatic carbocycles. The Morgan fingerprint density at radius 1 is 1.18 bits per heavy atom. The first-order valence-electron chi connectivity index (χ1n) is 9.29. The Hall–Kier alpha value is -3.22. The van der Waals surface area contributed by atoms with Crippen LogP contribution in [-0.2, 0) is 29.5 Å². The van der Waals surface area contributed by atoms with E-state index in [1.54, 1.807) is 22.5 Å². The third-order valence-corrected chi connectivity index (χ3v) is 4.89. The van der Waals surface area contributed by atoms with E-state index in [1.165, 1.54) is 6.07 Å². The number of halogens is 1. The van der Waals surface area contributed by atoms with Gasteiger partial charge >= 0.3 is 5.97 Å². The lowest BCUT2D eigenvalue weighted by atomic mass is 9.98. The van der Waals surface area contributed by atoms with Crippen molar-refractivity contribution in [2.24, 2.45) is 7.05 Å². The minimum atomic E-state index is -0.345. The Morgan fingerprint density at radius 3 is 2.75 bits per heavy atom. The van der Waals surface area contributed by atoms with Crippen LogP contribution >= 0.6 is 0 Å². The average Bonchev–Trinajstić information content (AvgIpc) is 3.22. The second kappa shape index (κ2) is 7.07. The molecule has 28 heavy (non-hydrogen) atoms. The molecule has 0 aliphatic rings. The zero-order valence-corrected chi connectivity index (χ0v) is 16.1. The van der Waals surface area contributed by atoms with Crippen LogP contribution in [0.5, 0.6) is 0 Å². The molecule has 4 aromatic rings. The lowest BCUT2D eigenvalue weighted by Gasteiger charge is -2.08. The summed E-state index contributed by atoms with van der Waals surface area (Å²) in [6.45, 7) is 4.11. The van der Waals surface area contributed by atoms with Crippen LogP contribution < -0.4 is 0 Å². The molecule has 144 valence electrons. The molecule has 2 heterocycles. The zero-order chi connectivity index (χ0) is 19.8. The molecule has 2 aromatic heterocycles. The molecular weight excluding hydrogens is 359 g/mol. The van der Waals surface area contributed by atoms with E-state index in [1.807, 2.05) is 38.2 Å². The maximum Gasteiger partial charge on any atom is 0.327 e. The van der Waals surface area contributed by atoms with Crippen LogP contribution in [-0.4, -0.2) is 32.1 Å². The minimum Gasteiger partial charge on any atom is -0.465 e. The second-order valence-electron chi connectivity index (χ2n) is 6.62. The molecule has 0 atom stereocenters. The van der Waals surface area contributed by atoms with Gasteiger partial charge in [-0.2, -0.15) is 10.2 Å². The smallest absolute Gasteiger partial charge is 0.327 e. The van der Waals surface area contributed by atoms with Gasteiger partial charge in [0.15, 0.2) is 0 Å². The highest BCUT2D eigenvalue weighted by Crippen LogP contribution is 2.35. The molecule has 2 aromatic carbocycles. The fourth-order valence-electron chi connectivity index (χ4n) is 3.61. The Labute approximate surface area is 161 Å². The predicted molar refractivity (Wildman–Crippen MR) is 105 cm³/mol. The van der Waals surface area contributed by atoms with Crippen LogP contribution in [0.1, 0.15) is 19.5 Å². The Morgan fingerprint density at radius 2 is 2.00 bits per heavy atom. The number of nitrogens with zero attached hydrogens (tertiary/aromatic N) is 4. The standard InChI is InChI=1S/C21H21FN4O2/c1-4-17-21-14(15-10-19-13(9-16(15)22)11-23-25(19)3)7-6-8-18(21)26(24-17)12-20(27)28-5-2/h6-11H,4-5,12H2,1-3H3. The molecule has 0 amide bonds. The number of aromatic nitrogens is 4. The number of fused-ring (bicyclic) bond motifs is 2. The van der Waals surface area contributed by atoms with E-state index < -0.39 is 0 Å². The fraction of sp³-hybridized carbons (Fsp3) is 0.286. The van der Waals surface area contributed by atoms with Crippen molar-refractivity contribution in [3.05, 3.63) is 48.0 Å². The summed E-state index contributed by atoms with van der Waals surface area (Å²) in [6, 6.07) is 8.95. The number of esters is 1. The van der Waals surface area contributed by atoms with Crippen molar-refractivity contribution >= 4 is 27.8 Å². The maximum atomic E-state index is 15.0. The van der Waals surface area contributed by atoms with E-state index in [0.717, 1.165) is 33.1 Å². The van der Waals surface area contributed by atoms with Gasteiger partial charge in [-0.05, 0) is 37.1 Å². The lowest BCUT2D eigenvalue weighted by molar-refractivity contribution is -0.143. The van der Waals surface area contributed by atoms with Gasteiger partial charge in [0.25, 0.3) is 0 Å². The van der Waals surface area contributed by atoms with Crippen molar-refractivity contribution in [3.63, 3.8) is 0 Å². The normalized spacial score (nSPS) is 11.4. The van der Waals surface area contributed by atoms with E-state index in [2.05, 4.69) is 10.2 Å². The highest BCUT2D eigenvalue weighted by Gasteiger charge is 2.19. The number of hydrogen-bond donors (Lipinski definition) is 0. The Balaban J connectivity index is 1.93. The summed E-state index contributed by atoms with van der Waals surface area (Å²) in [7, 11) is 1.83. The topological polar surface area (TPSA) is 61.9 Å². The number of aryl methyl sites for hydroxylation is 2. The number of ether oxygens (including phenoxy) is 1. The molecule has 0 N–H and O–H groups in total.